The summed E-state index contributed by atoms with van der Waals surface area (Å²) in [6.07, 6.45) is 0.784. The van der Waals surface area contributed by atoms with Crippen molar-refractivity contribution in [2.45, 2.75) is 11.7 Å². The van der Waals surface area contributed by atoms with E-state index in [4.69, 9.17) is 0 Å². The lowest BCUT2D eigenvalue weighted by Crippen LogP contribution is -2.31. The number of carbonyl (C=O) groups is 1. The summed E-state index contributed by atoms with van der Waals surface area (Å²) in [6, 6.07) is 8.14. The number of nitrogens with zero attached hydrogens (tertiary/aromatic N) is 2. The third-order valence-electron chi connectivity index (χ3n) is 2.93. The van der Waals surface area contributed by atoms with Crippen LogP contribution in [0, 0.1) is 0 Å². The molecule has 1 atom stereocenters. The van der Waals surface area contributed by atoms with Gasteiger partial charge < -0.3 is 0 Å². The predicted molar refractivity (Wildman–Crippen MR) is 73.2 cm³/mol. The maximum Gasteiger partial charge on any atom is 0.242 e. The number of benzene rings is 1. The minimum absolute atomic E-state index is 0.00947. The van der Waals surface area contributed by atoms with Crippen molar-refractivity contribution in [3.05, 3.63) is 34.3 Å². The fourth-order valence-corrected chi connectivity index (χ4v) is 3.54. The average molecular weight is 311 g/mol. The number of amides is 1. The molecule has 1 aromatic rings. The van der Waals surface area contributed by atoms with E-state index in [9.17, 15) is 4.79 Å². The Labute approximate surface area is 112 Å². The van der Waals surface area contributed by atoms with Crippen LogP contribution >= 0.6 is 27.7 Å². The van der Waals surface area contributed by atoms with Gasteiger partial charge in [-0.2, -0.15) is 0 Å². The highest BCUT2D eigenvalue weighted by Crippen LogP contribution is 2.31. The summed E-state index contributed by atoms with van der Waals surface area (Å²) >= 11 is 5.01. The minimum atomic E-state index is 0.00947. The molecule has 17 heavy (non-hydrogen) atoms. The van der Waals surface area contributed by atoms with Crippen molar-refractivity contribution in [2.75, 3.05) is 13.1 Å². The number of thioether (sulfide) groups is 1. The van der Waals surface area contributed by atoms with Gasteiger partial charge in [-0.1, -0.05) is 39.8 Å². The summed E-state index contributed by atoms with van der Waals surface area (Å²) < 4.78 is 1.07. The molecule has 0 radical (unpaired) electrons. The molecule has 2 aliphatic heterocycles. The molecule has 0 aliphatic carbocycles. The van der Waals surface area contributed by atoms with Gasteiger partial charge in [0.1, 0.15) is 0 Å². The van der Waals surface area contributed by atoms with Crippen LogP contribution in [-0.2, 0) is 11.2 Å². The molecule has 0 saturated carbocycles. The molecule has 5 heteroatoms. The van der Waals surface area contributed by atoms with Crippen LogP contribution in [0.25, 0.3) is 0 Å². The van der Waals surface area contributed by atoms with E-state index in [1.54, 1.807) is 11.8 Å². The van der Waals surface area contributed by atoms with Crippen molar-refractivity contribution >= 4 is 38.8 Å². The monoisotopic (exact) mass is 310 g/mol. The Hall–Kier alpha value is -0.810. The second kappa shape index (κ2) is 4.46. The maximum absolute atomic E-state index is 12.1. The van der Waals surface area contributed by atoms with Crippen LogP contribution in [-0.4, -0.2) is 34.3 Å². The molecule has 0 N–H and O–H groups in total. The number of carbonyl (C=O) groups excluding carboxylic acids is 1. The van der Waals surface area contributed by atoms with Crippen LogP contribution in [0.3, 0.4) is 0 Å². The normalized spacial score (nSPS) is 22.9. The Morgan fingerprint density at radius 3 is 2.88 bits per heavy atom. The quantitative estimate of drug-likeness (QED) is 0.839. The number of amidine groups is 1. The van der Waals surface area contributed by atoms with E-state index >= 15 is 0 Å². The largest absolute Gasteiger partial charge is 0.289 e. The first-order valence-corrected chi connectivity index (χ1v) is 7.18. The Balaban J connectivity index is 1.74. The first-order chi connectivity index (χ1) is 8.24. The van der Waals surface area contributed by atoms with Gasteiger partial charge in [0.25, 0.3) is 0 Å². The van der Waals surface area contributed by atoms with Gasteiger partial charge in [0.2, 0.25) is 5.91 Å². The lowest BCUT2D eigenvalue weighted by Gasteiger charge is -2.10. The van der Waals surface area contributed by atoms with Gasteiger partial charge in [-0.3, -0.25) is 14.7 Å². The van der Waals surface area contributed by atoms with E-state index in [2.05, 4.69) is 33.1 Å². The molecule has 1 amide bonds. The van der Waals surface area contributed by atoms with E-state index < -0.39 is 0 Å². The SMILES string of the molecule is O=C1[C@H](Cc2ccc(Br)cc2)SC2=NCCN12. The number of hydrogen-bond donors (Lipinski definition) is 0. The van der Waals surface area contributed by atoms with Crippen LogP contribution < -0.4 is 0 Å². The summed E-state index contributed by atoms with van der Waals surface area (Å²) in [6.45, 7) is 1.52. The molecule has 0 spiro atoms. The summed E-state index contributed by atoms with van der Waals surface area (Å²) in [5.74, 6) is 0.217. The first kappa shape index (κ1) is 11.3. The molecule has 1 fully saturated rings. The topological polar surface area (TPSA) is 32.7 Å². The lowest BCUT2D eigenvalue weighted by molar-refractivity contribution is -0.125. The van der Waals surface area contributed by atoms with E-state index in [1.165, 1.54) is 5.56 Å². The maximum atomic E-state index is 12.1. The number of rotatable bonds is 2. The summed E-state index contributed by atoms with van der Waals surface area (Å²) in [7, 11) is 0. The summed E-state index contributed by atoms with van der Waals surface area (Å²) in [5.41, 5.74) is 1.20. The van der Waals surface area contributed by atoms with Crippen molar-refractivity contribution in [1.29, 1.82) is 0 Å². The molecule has 2 aliphatic rings. The minimum Gasteiger partial charge on any atom is -0.289 e. The van der Waals surface area contributed by atoms with Crippen molar-refractivity contribution in [1.82, 2.24) is 4.90 Å². The highest BCUT2D eigenvalue weighted by molar-refractivity contribution is 9.10. The van der Waals surface area contributed by atoms with Crippen molar-refractivity contribution in [3.8, 4) is 0 Å². The Morgan fingerprint density at radius 2 is 2.18 bits per heavy atom. The smallest absolute Gasteiger partial charge is 0.242 e. The van der Waals surface area contributed by atoms with Gasteiger partial charge >= 0.3 is 0 Å². The molecule has 0 unspecified atom stereocenters. The zero-order valence-corrected chi connectivity index (χ0v) is 11.5. The third kappa shape index (κ3) is 2.13. The van der Waals surface area contributed by atoms with Gasteiger partial charge in [-0.05, 0) is 24.1 Å². The zero-order chi connectivity index (χ0) is 11.8. The average Bonchev–Trinajstić information content (AvgIpc) is 2.87. The van der Waals surface area contributed by atoms with Gasteiger partial charge in [0.15, 0.2) is 5.17 Å². The molecule has 1 saturated heterocycles. The predicted octanol–water partition coefficient (Wildman–Crippen LogP) is 2.31. The standard InChI is InChI=1S/C12H11BrN2OS/c13-9-3-1-8(2-4-9)7-10-11(16)15-6-5-14-12(15)17-10/h1-4,10H,5-7H2/t10-/m0/s1. The zero-order valence-electron chi connectivity index (χ0n) is 9.10. The fourth-order valence-electron chi connectivity index (χ4n) is 2.05. The second-order valence-corrected chi connectivity index (χ2v) is 6.18. The molecule has 88 valence electrons. The van der Waals surface area contributed by atoms with Gasteiger partial charge in [-0.25, -0.2) is 0 Å². The number of fused-ring (bicyclic) bond motifs is 1. The van der Waals surface area contributed by atoms with Gasteiger partial charge in [0, 0.05) is 11.0 Å². The van der Waals surface area contributed by atoms with Crippen molar-refractivity contribution in [3.63, 3.8) is 0 Å². The van der Waals surface area contributed by atoms with Crippen LogP contribution in [0.2, 0.25) is 0 Å². The summed E-state index contributed by atoms with van der Waals surface area (Å²) in [4.78, 5) is 18.2. The van der Waals surface area contributed by atoms with Crippen LogP contribution in [0.1, 0.15) is 5.56 Å². The molecule has 0 bridgehead atoms. The van der Waals surface area contributed by atoms with E-state index in [-0.39, 0.29) is 11.2 Å². The van der Waals surface area contributed by atoms with E-state index in [0.29, 0.717) is 0 Å². The number of aliphatic imine (C=N–C) groups is 1. The summed E-state index contributed by atoms with van der Waals surface area (Å²) in [5, 5.41) is 0.923. The first-order valence-electron chi connectivity index (χ1n) is 5.51. The van der Waals surface area contributed by atoms with Crippen molar-refractivity contribution in [2.24, 2.45) is 4.99 Å². The van der Waals surface area contributed by atoms with Crippen LogP contribution in [0.4, 0.5) is 0 Å². The van der Waals surface area contributed by atoms with Gasteiger partial charge in [0.05, 0.1) is 11.8 Å². The second-order valence-electron chi connectivity index (χ2n) is 4.09. The van der Waals surface area contributed by atoms with Crippen molar-refractivity contribution < 1.29 is 4.79 Å². The van der Waals surface area contributed by atoms with Gasteiger partial charge in [-0.15, -0.1) is 0 Å². The third-order valence-corrected chi connectivity index (χ3v) is 4.67. The molecular formula is C12H11BrN2OS. The molecule has 2 heterocycles. The highest BCUT2D eigenvalue weighted by atomic mass is 79.9. The van der Waals surface area contributed by atoms with E-state index in [1.807, 2.05) is 17.0 Å². The molecule has 1 aromatic carbocycles. The molecule has 3 nitrogen and oxygen atoms in total. The number of halogens is 1. The van der Waals surface area contributed by atoms with Crippen LogP contribution in [0.5, 0.6) is 0 Å². The molecule has 0 aromatic heterocycles. The number of hydrogen-bond acceptors (Lipinski definition) is 3. The Kier molecular flexibility index (Phi) is 2.96. The van der Waals surface area contributed by atoms with Crippen LogP contribution in [0.15, 0.2) is 33.7 Å². The van der Waals surface area contributed by atoms with E-state index in [0.717, 1.165) is 29.2 Å². The Morgan fingerprint density at radius 1 is 1.41 bits per heavy atom. The Bertz CT molecular complexity index is 486. The fraction of sp³-hybridized carbons (Fsp3) is 0.333. The molecule has 3 rings (SSSR count). The lowest BCUT2D eigenvalue weighted by atomic mass is 10.1. The highest BCUT2D eigenvalue weighted by Gasteiger charge is 2.39. The molecular weight excluding hydrogens is 300 g/mol.